The van der Waals surface area contributed by atoms with E-state index in [2.05, 4.69) is 40.0 Å². The molecule has 1 aliphatic heterocycles. The molecule has 24 heavy (non-hydrogen) atoms. The highest BCUT2D eigenvalue weighted by molar-refractivity contribution is 7.99. The molecule has 1 saturated heterocycles. The molecule has 4 rings (SSSR count). The Labute approximate surface area is 155 Å². The van der Waals surface area contributed by atoms with Crippen LogP contribution in [0.3, 0.4) is 0 Å². The monoisotopic (exact) mass is 376 g/mol. The first-order valence-electron chi connectivity index (χ1n) is 8.54. The minimum atomic E-state index is 1.05. The van der Waals surface area contributed by atoms with Crippen LogP contribution in [0.1, 0.15) is 19.3 Å². The number of aromatic nitrogens is 2. The zero-order valence-corrected chi connectivity index (χ0v) is 16.0. The lowest BCUT2D eigenvalue weighted by Gasteiger charge is -2.22. The average Bonchev–Trinajstić information content (AvgIpc) is 3.36. The third-order valence-corrected chi connectivity index (χ3v) is 7.10. The van der Waals surface area contributed by atoms with E-state index in [-0.39, 0.29) is 0 Å². The average molecular weight is 377 g/mol. The number of rotatable bonds is 6. The Morgan fingerprint density at radius 2 is 1.79 bits per heavy atom. The summed E-state index contributed by atoms with van der Waals surface area (Å²) in [6.07, 6.45) is 4.21. The number of hydrogen-bond donors (Lipinski definition) is 2. The van der Waals surface area contributed by atoms with Gasteiger partial charge in [0.2, 0.25) is 0 Å². The van der Waals surface area contributed by atoms with Crippen molar-refractivity contribution in [1.29, 1.82) is 0 Å². The summed E-state index contributed by atoms with van der Waals surface area (Å²) in [7, 11) is 0. The summed E-state index contributed by atoms with van der Waals surface area (Å²) in [4.78, 5) is 12.7. The number of imidazole rings is 1. The molecule has 1 fully saturated rings. The van der Waals surface area contributed by atoms with E-state index < -0.39 is 0 Å². The van der Waals surface area contributed by atoms with Crippen LogP contribution < -0.4 is 4.90 Å². The predicted octanol–water partition coefficient (Wildman–Crippen LogP) is 4.03. The van der Waals surface area contributed by atoms with E-state index in [0.717, 1.165) is 16.6 Å². The zero-order valence-electron chi connectivity index (χ0n) is 13.6. The fourth-order valence-electron chi connectivity index (χ4n) is 3.20. The van der Waals surface area contributed by atoms with Crippen LogP contribution in [0.2, 0.25) is 0 Å². The highest BCUT2D eigenvalue weighted by atomic mass is 32.2. The normalized spacial score (nSPS) is 15.8. The molecule has 3 aromatic heterocycles. The quantitative estimate of drug-likeness (QED) is 0.637. The van der Waals surface area contributed by atoms with Crippen molar-refractivity contribution < 1.29 is 4.90 Å². The molecular weight excluding hydrogens is 354 g/mol. The third kappa shape index (κ3) is 3.77. The molecule has 4 heterocycles. The van der Waals surface area contributed by atoms with E-state index in [1.54, 1.807) is 27.6 Å². The van der Waals surface area contributed by atoms with Crippen molar-refractivity contribution in [3.63, 3.8) is 0 Å². The molecule has 2 N–H and O–H groups in total. The minimum Gasteiger partial charge on any atom is -0.334 e. The number of thiophene rings is 2. The third-order valence-electron chi connectivity index (χ3n) is 4.46. The molecule has 0 atom stereocenters. The van der Waals surface area contributed by atoms with Crippen molar-refractivity contribution >= 4 is 34.4 Å². The van der Waals surface area contributed by atoms with Crippen molar-refractivity contribution in [2.45, 2.75) is 24.4 Å². The van der Waals surface area contributed by atoms with Crippen LogP contribution in [0, 0.1) is 0 Å². The first kappa shape index (κ1) is 16.4. The molecule has 0 bridgehead atoms. The first-order chi connectivity index (χ1) is 11.9. The SMILES string of the molecule is c1csc(-c2nc(SCC[NH+]3CCCCC3)[nH]c2-c2cccs2)c1. The Kier molecular flexibility index (Phi) is 5.37. The Hall–Kier alpha value is -1.08. The molecule has 0 unspecified atom stereocenters. The van der Waals surface area contributed by atoms with Gasteiger partial charge in [0.25, 0.3) is 0 Å². The molecule has 6 heteroatoms. The van der Waals surface area contributed by atoms with E-state index in [1.165, 1.54) is 54.3 Å². The van der Waals surface area contributed by atoms with Gasteiger partial charge in [-0.25, -0.2) is 4.98 Å². The maximum Gasteiger partial charge on any atom is 0.166 e. The van der Waals surface area contributed by atoms with Gasteiger partial charge in [-0.15, -0.1) is 22.7 Å². The molecule has 3 aromatic rings. The van der Waals surface area contributed by atoms with E-state index in [4.69, 9.17) is 4.98 Å². The molecule has 0 aromatic carbocycles. The van der Waals surface area contributed by atoms with Crippen molar-refractivity contribution in [2.24, 2.45) is 0 Å². The molecular formula is C18H22N3S3+. The minimum absolute atomic E-state index is 1.05. The Morgan fingerprint density at radius 1 is 1.04 bits per heavy atom. The molecule has 3 nitrogen and oxygen atoms in total. The fraction of sp³-hybridized carbons (Fsp3) is 0.389. The zero-order chi connectivity index (χ0) is 16.2. The van der Waals surface area contributed by atoms with Gasteiger partial charge in [-0.05, 0) is 42.2 Å². The van der Waals surface area contributed by atoms with Crippen molar-refractivity contribution in [2.75, 3.05) is 25.4 Å². The van der Waals surface area contributed by atoms with Crippen LogP contribution in [0.15, 0.2) is 40.2 Å². The summed E-state index contributed by atoms with van der Waals surface area (Å²) < 4.78 is 0. The van der Waals surface area contributed by atoms with Crippen molar-refractivity contribution in [3.05, 3.63) is 35.0 Å². The molecule has 1 aliphatic rings. The summed E-state index contributed by atoms with van der Waals surface area (Å²) >= 11 is 5.39. The summed E-state index contributed by atoms with van der Waals surface area (Å²) in [5.41, 5.74) is 2.26. The maximum absolute atomic E-state index is 4.91. The lowest BCUT2D eigenvalue weighted by Crippen LogP contribution is -3.13. The lowest BCUT2D eigenvalue weighted by molar-refractivity contribution is -0.902. The summed E-state index contributed by atoms with van der Waals surface area (Å²) in [5.74, 6) is 1.14. The molecule has 0 aliphatic carbocycles. The van der Waals surface area contributed by atoms with E-state index in [9.17, 15) is 0 Å². The van der Waals surface area contributed by atoms with E-state index in [0.29, 0.717) is 0 Å². The summed E-state index contributed by atoms with van der Waals surface area (Å²) in [6, 6.07) is 8.52. The molecule has 0 radical (unpaired) electrons. The number of thioether (sulfide) groups is 1. The van der Waals surface area contributed by atoms with Gasteiger partial charge in [0.15, 0.2) is 5.16 Å². The Morgan fingerprint density at radius 3 is 2.50 bits per heavy atom. The van der Waals surface area contributed by atoms with Gasteiger partial charge in [-0.3, -0.25) is 0 Å². The van der Waals surface area contributed by atoms with Crippen LogP contribution >= 0.6 is 34.4 Å². The van der Waals surface area contributed by atoms with Crippen LogP contribution in [-0.4, -0.2) is 35.4 Å². The van der Waals surface area contributed by atoms with E-state index in [1.807, 2.05) is 11.8 Å². The molecule has 126 valence electrons. The Balaban J connectivity index is 1.48. The number of nitrogens with zero attached hydrogens (tertiary/aromatic N) is 1. The van der Waals surface area contributed by atoms with Gasteiger partial charge in [0.05, 0.1) is 40.8 Å². The van der Waals surface area contributed by atoms with Crippen LogP contribution in [0.4, 0.5) is 0 Å². The Bertz CT molecular complexity index is 689. The smallest absolute Gasteiger partial charge is 0.166 e. The standard InChI is InChI=1S/C18H21N3S3/c1-2-8-21(9-3-1)10-13-24-18-19-16(14-6-4-11-22-14)17(20-18)15-7-5-12-23-15/h4-7,11-12H,1-3,8-10,13H2,(H,19,20)/p+1. The van der Waals surface area contributed by atoms with Crippen LogP contribution in [0.25, 0.3) is 21.1 Å². The second-order valence-corrected chi connectivity index (χ2v) is 9.11. The van der Waals surface area contributed by atoms with Crippen LogP contribution in [-0.2, 0) is 0 Å². The molecule has 0 saturated carbocycles. The number of aromatic amines is 1. The fourth-order valence-corrected chi connectivity index (χ4v) is 5.57. The second kappa shape index (κ2) is 7.87. The van der Waals surface area contributed by atoms with Gasteiger partial charge in [-0.1, -0.05) is 23.9 Å². The number of likely N-dealkylation sites (tertiary alicyclic amines) is 1. The second-order valence-electron chi connectivity index (χ2n) is 6.13. The number of hydrogen-bond acceptors (Lipinski definition) is 4. The van der Waals surface area contributed by atoms with Gasteiger partial charge in [-0.2, -0.15) is 0 Å². The maximum atomic E-state index is 4.91. The highest BCUT2D eigenvalue weighted by Crippen LogP contribution is 2.36. The number of nitrogens with one attached hydrogen (secondary N) is 2. The first-order valence-corrected chi connectivity index (χ1v) is 11.3. The van der Waals surface area contributed by atoms with Gasteiger partial charge < -0.3 is 9.88 Å². The largest absolute Gasteiger partial charge is 0.334 e. The van der Waals surface area contributed by atoms with Crippen molar-refractivity contribution in [3.8, 4) is 21.1 Å². The molecule has 0 spiro atoms. The van der Waals surface area contributed by atoms with Crippen LogP contribution in [0.5, 0.6) is 0 Å². The number of piperidine rings is 1. The molecule has 0 amide bonds. The van der Waals surface area contributed by atoms with E-state index >= 15 is 0 Å². The lowest BCUT2D eigenvalue weighted by atomic mass is 10.1. The van der Waals surface area contributed by atoms with Gasteiger partial charge in [0, 0.05) is 0 Å². The number of quaternary nitrogens is 1. The predicted molar refractivity (Wildman–Crippen MR) is 105 cm³/mol. The van der Waals surface area contributed by atoms with Gasteiger partial charge >= 0.3 is 0 Å². The number of H-pyrrole nitrogens is 1. The van der Waals surface area contributed by atoms with Crippen molar-refractivity contribution in [1.82, 2.24) is 9.97 Å². The van der Waals surface area contributed by atoms with Gasteiger partial charge in [0.1, 0.15) is 5.69 Å². The topological polar surface area (TPSA) is 33.1 Å². The highest BCUT2D eigenvalue weighted by Gasteiger charge is 2.17. The summed E-state index contributed by atoms with van der Waals surface area (Å²) in [5, 5.41) is 5.30. The summed E-state index contributed by atoms with van der Waals surface area (Å²) in [6.45, 7) is 3.94.